The van der Waals surface area contributed by atoms with E-state index in [1.165, 1.54) is 19.3 Å². The summed E-state index contributed by atoms with van der Waals surface area (Å²) in [5, 5.41) is 3.00. The lowest BCUT2D eigenvalue weighted by Gasteiger charge is -2.17. The highest BCUT2D eigenvalue weighted by Gasteiger charge is 2.10. The van der Waals surface area contributed by atoms with E-state index in [2.05, 4.69) is 41.1 Å². The molecule has 0 atom stereocenters. The van der Waals surface area contributed by atoms with Gasteiger partial charge in [-0.25, -0.2) is 0 Å². The lowest BCUT2D eigenvalue weighted by Crippen LogP contribution is -2.23. The molecule has 0 saturated heterocycles. The summed E-state index contributed by atoms with van der Waals surface area (Å²) in [5.74, 6) is 0.808. The summed E-state index contributed by atoms with van der Waals surface area (Å²) < 4.78 is 6.83. The number of hydrogen-bond acceptors (Lipinski definition) is 3. The van der Waals surface area contributed by atoms with Crippen molar-refractivity contribution in [3.63, 3.8) is 0 Å². The topological polar surface area (TPSA) is 25.6 Å². The number of hydroxylamine groups is 2. The van der Waals surface area contributed by atoms with E-state index >= 15 is 0 Å². The molecule has 2 aromatic carbocycles. The minimum Gasteiger partial charge on any atom is -0.464 e. The fourth-order valence-corrected chi connectivity index (χ4v) is 3.17. The summed E-state index contributed by atoms with van der Waals surface area (Å²) in [6.07, 6.45) is 6.75. The summed E-state index contributed by atoms with van der Waals surface area (Å²) in [5.41, 5.74) is 3.08. The quantitative estimate of drug-likeness (QED) is 0.311. The van der Waals surface area contributed by atoms with Gasteiger partial charge >= 0.3 is 0 Å². The Labute approximate surface area is 157 Å². The van der Waals surface area contributed by atoms with Crippen LogP contribution in [-0.4, -0.2) is 18.7 Å². The zero-order chi connectivity index (χ0) is 17.6. The van der Waals surface area contributed by atoms with Crippen molar-refractivity contribution < 1.29 is 9.25 Å². The van der Waals surface area contributed by atoms with Crippen molar-refractivity contribution >= 4 is 26.9 Å². The van der Waals surface area contributed by atoms with Crippen LogP contribution in [0, 0.1) is 0 Å². The third-order valence-electron chi connectivity index (χ3n) is 4.29. The van der Waals surface area contributed by atoms with Crippen LogP contribution in [0.5, 0.6) is 5.75 Å². The Morgan fingerprint density at radius 1 is 1.04 bits per heavy atom. The Bertz CT molecular complexity index is 810. The molecule has 0 radical (unpaired) electrons. The first-order valence-corrected chi connectivity index (χ1v) is 9.63. The molecule has 3 rings (SSSR count). The van der Waals surface area contributed by atoms with Crippen LogP contribution in [0.3, 0.4) is 0 Å². The van der Waals surface area contributed by atoms with Gasteiger partial charge in [0.2, 0.25) is 0 Å². The third kappa shape index (κ3) is 4.65. The van der Waals surface area contributed by atoms with E-state index in [4.69, 9.17) is 9.25 Å². The van der Waals surface area contributed by atoms with Gasteiger partial charge in [0.25, 0.3) is 0 Å². The predicted molar refractivity (Wildman–Crippen MR) is 107 cm³/mol. The van der Waals surface area contributed by atoms with Gasteiger partial charge < -0.3 is 9.25 Å². The molecule has 0 aliphatic heterocycles. The molecule has 3 aromatic rings. The molecule has 0 unspecified atom stereocenters. The molecule has 1 aromatic heterocycles. The molecule has 1 heterocycles. The van der Waals surface area contributed by atoms with Crippen LogP contribution < -0.4 is 4.84 Å². The van der Waals surface area contributed by atoms with Crippen molar-refractivity contribution in [2.45, 2.75) is 32.6 Å². The van der Waals surface area contributed by atoms with E-state index in [0.29, 0.717) is 0 Å². The van der Waals surface area contributed by atoms with Crippen LogP contribution in [0.15, 0.2) is 57.6 Å². The number of furan rings is 1. The highest BCUT2D eigenvalue weighted by atomic mass is 79.9. The average Bonchev–Trinajstić information content (AvgIpc) is 3.03. The zero-order valence-corrected chi connectivity index (χ0v) is 16.4. The van der Waals surface area contributed by atoms with Crippen LogP contribution >= 0.6 is 15.9 Å². The maximum Gasteiger partial charge on any atom is 0.151 e. The largest absolute Gasteiger partial charge is 0.464 e. The normalized spacial score (nSPS) is 11.4. The smallest absolute Gasteiger partial charge is 0.151 e. The maximum atomic E-state index is 5.90. The minimum absolute atomic E-state index is 0.808. The molecule has 0 spiro atoms. The number of hydrogen-bond donors (Lipinski definition) is 0. The van der Waals surface area contributed by atoms with Crippen molar-refractivity contribution in [2.75, 3.05) is 13.6 Å². The first kappa shape index (κ1) is 18.0. The first-order valence-electron chi connectivity index (χ1n) is 8.83. The fraction of sp³-hybridized carbons (Fsp3) is 0.333. The Hall–Kier alpha value is -1.78. The summed E-state index contributed by atoms with van der Waals surface area (Å²) in [7, 11) is 1.98. The summed E-state index contributed by atoms with van der Waals surface area (Å²) in [6.45, 7) is 3.15. The van der Waals surface area contributed by atoms with Gasteiger partial charge in [-0.05, 0) is 36.2 Å². The fourth-order valence-electron chi connectivity index (χ4n) is 2.91. The van der Waals surface area contributed by atoms with Crippen LogP contribution in [0.1, 0.15) is 32.6 Å². The second-order valence-corrected chi connectivity index (χ2v) is 7.23. The standard InChI is InChI=1S/C21H24BrNO2/c1-3-4-5-6-13-23(2)25-18-11-12-19-20(15-24-21(19)14-18)16-7-9-17(22)10-8-16/h7-12,14-15H,3-6,13H2,1-2H3. The minimum atomic E-state index is 0.808. The Morgan fingerprint density at radius 3 is 2.60 bits per heavy atom. The van der Waals surface area contributed by atoms with E-state index in [1.807, 2.05) is 42.6 Å². The lowest BCUT2D eigenvalue weighted by molar-refractivity contribution is -0.0326. The van der Waals surface area contributed by atoms with Crippen LogP contribution in [-0.2, 0) is 0 Å². The molecule has 0 fully saturated rings. The Kier molecular flexibility index (Phi) is 6.16. The molecule has 132 valence electrons. The Balaban J connectivity index is 1.70. The number of unbranched alkanes of at least 4 members (excludes halogenated alkanes) is 3. The summed E-state index contributed by atoms with van der Waals surface area (Å²) in [4.78, 5) is 5.90. The zero-order valence-electron chi connectivity index (χ0n) is 14.8. The van der Waals surface area contributed by atoms with E-state index in [-0.39, 0.29) is 0 Å². The number of benzene rings is 2. The van der Waals surface area contributed by atoms with Crippen LogP contribution in [0.25, 0.3) is 22.1 Å². The van der Waals surface area contributed by atoms with Crippen LogP contribution in [0.4, 0.5) is 0 Å². The highest BCUT2D eigenvalue weighted by molar-refractivity contribution is 9.10. The second kappa shape index (κ2) is 8.54. The van der Waals surface area contributed by atoms with Gasteiger partial charge in [0.1, 0.15) is 5.58 Å². The summed E-state index contributed by atoms with van der Waals surface area (Å²) >= 11 is 3.47. The van der Waals surface area contributed by atoms with Gasteiger partial charge in [0.05, 0.1) is 6.26 Å². The van der Waals surface area contributed by atoms with Crippen molar-refractivity contribution in [1.29, 1.82) is 0 Å². The number of fused-ring (bicyclic) bond motifs is 1. The van der Waals surface area contributed by atoms with E-state index in [0.717, 1.165) is 45.3 Å². The second-order valence-electron chi connectivity index (χ2n) is 6.32. The monoisotopic (exact) mass is 401 g/mol. The molecule has 0 bridgehead atoms. The molecule has 3 nitrogen and oxygen atoms in total. The molecular formula is C21H24BrNO2. The van der Waals surface area contributed by atoms with E-state index in [9.17, 15) is 0 Å². The SMILES string of the molecule is CCCCCCN(C)Oc1ccc2c(-c3ccc(Br)cc3)coc2c1. The van der Waals surface area contributed by atoms with Gasteiger partial charge in [-0.1, -0.05) is 54.2 Å². The molecule has 0 amide bonds. The third-order valence-corrected chi connectivity index (χ3v) is 4.82. The molecule has 4 heteroatoms. The van der Waals surface area contributed by atoms with Crippen molar-refractivity contribution in [3.05, 3.63) is 53.2 Å². The van der Waals surface area contributed by atoms with Gasteiger partial charge in [-0.2, -0.15) is 0 Å². The van der Waals surface area contributed by atoms with E-state index in [1.54, 1.807) is 0 Å². The lowest BCUT2D eigenvalue weighted by atomic mass is 10.1. The number of halogens is 1. The van der Waals surface area contributed by atoms with Gasteiger partial charge in [-0.15, -0.1) is 5.06 Å². The molecule has 0 aliphatic carbocycles. The molecule has 0 saturated carbocycles. The Morgan fingerprint density at radius 2 is 1.84 bits per heavy atom. The highest BCUT2D eigenvalue weighted by Crippen LogP contribution is 2.33. The summed E-state index contributed by atoms with van der Waals surface area (Å²) in [6, 6.07) is 14.3. The molecule has 0 N–H and O–H groups in total. The maximum absolute atomic E-state index is 5.90. The van der Waals surface area contributed by atoms with Gasteiger partial charge in [0.15, 0.2) is 5.75 Å². The van der Waals surface area contributed by atoms with Gasteiger partial charge in [0, 0.05) is 35.1 Å². The van der Waals surface area contributed by atoms with Crippen molar-refractivity contribution in [2.24, 2.45) is 0 Å². The molecule has 0 aliphatic rings. The van der Waals surface area contributed by atoms with Crippen molar-refractivity contribution in [3.8, 4) is 16.9 Å². The predicted octanol–water partition coefficient (Wildman–Crippen LogP) is 6.67. The van der Waals surface area contributed by atoms with E-state index < -0.39 is 0 Å². The number of nitrogens with zero attached hydrogens (tertiary/aromatic N) is 1. The van der Waals surface area contributed by atoms with Crippen molar-refractivity contribution in [1.82, 2.24) is 5.06 Å². The van der Waals surface area contributed by atoms with Gasteiger partial charge in [-0.3, -0.25) is 0 Å². The average molecular weight is 402 g/mol. The number of rotatable bonds is 8. The molecular weight excluding hydrogens is 378 g/mol. The van der Waals surface area contributed by atoms with Crippen LogP contribution in [0.2, 0.25) is 0 Å². The first-order chi connectivity index (χ1) is 12.2. The molecule has 25 heavy (non-hydrogen) atoms.